The summed E-state index contributed by atoms with van der Waals surface area (Å²) in [7, 11) is -2.33. The zero-order valence-corrected chi connectivity index (χ0v) is 14.1. The van der Waals surface area contributed by atoms with Gasteiger partial charge in [0.05, 0.1) is 10.0 Å². The van der Waals surface area contributed by atoms with E-state index < -0.39 is 10.0 Å². The van der Waals surface area contributed by atoms with Gasteiger partial charge >= 0.3 is 0 Å². The predicted octanol–water partition coefficient (Wildman–Crippen LogP) is 4.47. The smallest absolute Gasteiger partial charge is 0.207 e. The van der Waals surface area contributed by atoms with E-state index >= 15 is 0 Å². The van der Waals surface area contributed by atoms with E-state index in [1.807, 2.05) is 30.3 Å². The highest BCUT2D eigenvalue weighted by Crippen LogP contribution is 2.34. The summed E-state index contributed by atoms with van der Waals surface area (Å²) in [5, 5.41) is 0.300. The first kappa shape index (κ1) is 16.6. The Morgan fingerprint density at radius 2 is 1.52 bits per heavy atom. The molecule has 112 valence electrons. The van der Waals surface area contributed by atoms with Crippen molar-refractivity contribution in [3.05, 3.63) is 63.1 Å². The fraction of sp³-hybridized carbons (Fsp3) is 0.143. The van der Waals surface area contributed by atoms with Gasteiger partial charge in [-0.2, -0.15) is 4.31 Å². The summed E-state index contributed by atoms with van der Waals surface area (Å²) < 4.78 is 26.4. The van der Waals surface area contributed by atoms with E-state index in [1.165, 1.54) is 23.5 Å². The minimum absolute atomic E-state index is 0.00686. The Labute approximate surface area is 139 Å². The summed E-state index contributed by atoms with van der Waals surface area (Å²) in [6.07, 6.45) is 0. The molecule has 7 heteroatoms. The molecule has 3 nitrogen and oxygen atoms in total. The van der Waals surface area contributed by atoms with Gasteiger partial charge in [0, 0.05) is 18.6 Å². The van der Waals surface area contributed by atoms with Crippen LogP contribution in [0.4, 0.5) is 0 Å². The highest BCUT2D eigenvalue weighted by Gasteiger charge is 2.27. The minimum atomic E-state index is -3.80. The third-order valence-corrected chi connectivity index (χ3v) is 5.82. The molecule has 0 fully saturated rings. The SMILES string of the molecule is CN(Cc1ccccc1)S(=O)(=O)c1c(Cl)cc(Cl)cc1Cl. The van der Waals surface area contributed by atoms with Gasteiger partial charge in [0.25, 0.3) is 0 Å². The first-order valence-electron chi connectivity index (χ1n) is 5.97. The second kappa shape index (κ2) is 6.55. The van der Waals surface area contributed by atoms with Crippen molar-refractivity contribution in [2.75, 3.05) is 7.05 Å². The summed E-state index contributed by atoms with van der Waals surface area (Å²) in [6, 6.07) is 12.0. The predicted molar refractivity (Wildman–Crippen MR) is 86.6 cm³/mol. The molecule has 0 radical (unpaired) electrons. The van der Waals surface area contributed by atoms with E-state index in [9.17, 15) is 8.42 Å². The monoisotopic (exact) mass is 363 g/mol. The first-order chi connectivity index (χ1) is 9.82. The molecule has 0 saturated carbocycles. The largest absolute Gasteiger partial charge is 0.246 e. The summed E-state index contributed by atoms with van der Waals surface area (Å²) >= 11 is 17.8. The number of benzene rings is 2. The molecular formula is C14H12Cl3NO2S. The lowest BCUT2D eigenvalue weighted by molar-refractivity contribution is 0.467. The van der Waals surface area contributed by atoms with Crippen molar-refractivity contribution >= 4 is 44.8 Å². The Morgan fingerprint density at radius 1 is 1.00 bits per heavy atom. The quantitative estimate of drug-likeness (QED) is 0.803. The number of hydrogen-bond donors (Lipinski definition) is 0. The summed E-state index contributed by atoms with van der Waals surface area (Å²) in [6.45, 7) is 0.221. The first-order valence-corrected chi connectivity index (χ1v) is 8.54. The Kier molecular flexibility index (Phi) is 5.17. The summed E-state index contributed by atoms with van der Waals surface area (Å²) in [5.41, 5.74) is 0.866. The van der Waals surface area contributed by atoms with Crippen molar-refractivity contribution in [1.82, 2.24) is 4.31 Å². The van der Waals surface area contributed by atoms with Crippen LogP contribution in [0.1, 0.15) is 5.56 Å². The van der Waals surface area contributed by atoms with Gasteiger partial charge in [0.2, 0.25) is 10.0 Å². The maximum atomic E-state index is 12.6. The van der Waals surface area contributed by atoms with Gasteiger partial charge in [-0.3, -0.25) is 0 Å². The van der Waals surface area contributed by atoms with Gasteiger partial charge in [0.1, 0.15) is 4.90 Å². The van der Waals surface area contributed by atoms with E-state index in [0.29, 0.717) is 0 Å². The van der Waals surface area contributed by atoms with Gasteiger partial charge in [-0.05, 0) is 17.7 Å². The third-order valence-electron chi connectivity index (χ3n) is 2.88. The van der Waals surface area contributed by atoms with Crippen molar-refractivity contribution in [2.45, 2.75) is 11.4 Å². The van der Waals surface area contributed by atoms with Crippen molar-refractivity contribution < 1.29 is 8.42 Å². The van der Waals surface area contributed by atoms with Crippen LogP contribution in [0, 0.1) is 0 Å². The van der Waals surface area contributed by atoms with Crippen LogP contribution in [0.15, 0.2) is 47.4 Å². The number of sulfonamides is 1. The van der Waals surface area contributed by atoms with E-state index in [4.69, 9.17) is 34.8 Å². The molecule has 2 aromatic carbocycles. The lowest BCUT2D eigenvalue weighted by Gasteiger charge is -2.19. The zero-order chi connectivity index (χ0) is 15.6. The Morgan fingerprint density at radius 3 is 2.05 bits per heavy atom. The van der Waals surface area contributed by atoms with Crippen molar-refractivity contribution in [1.29, 1.82) is 0 Å². The zero-order valence-electron chi connectivity index (χ0n) is 11.1. The van der Waals surface area contributed by atoms with Gasteiger partial charge in [0.15, 0.2) is 0 Å². The molecule has 0 unspecified atom stereocenters. The molecule has 0 N–H and O–H groups in total. The van der Waals surface area contributed by atoms with E-state index in [-0.39, 0.29) is 26.5 Å². The van der Waals surface area contributed by atoms with Gasteiger partial charge in [-0.15, -0.1) is 0 Å². The molecule has 0 aliphatic carbocycles. The highest BCUT2D eigenvalue weighted by molar-refractivity contribution is 7.89. The topological polar surface area (TPSA) is 37.4 Å². The molecular weight excluding hydrogens is 353 g/mol. The normalized spacial score (nSPS) is 11.9. The van der Waals surface area contributed by atoms with Crippen LogP contribution in [0.2, 0.25) is 15.1 Å². The van der Waals surface area contributed by atoms with Gasteiger partial charge in [-0.1, -0.05) is 65.1 Å². The van der Waals surface area contributed by atoms with Crippen LogP contribution >= 0.6 is 34.8 Å². The number of nitrogens with zero attached hydrogens (tertiary/aromatic N) is 1. The van der Waals surface area contributed by atoms with Crippen LogP contribution in [0.25, 0.3) is 0 Å². The number of hydrogen-bond acceptors (Lipinski definition) is 2. The van der Waals surface area contributed by atoms with Crippen molar-refractivity contribution in [3.8, 4) is 0 Å². The Bertz CT molecular complexity index is 725. The average molecular weight is 365 g/mol. The fourth-order valence-electron chi connectivity index (χ4n) is 1.86. The fourth-order valence-corrected chi connectivity index (χ4v) is 4.50. The van der Waals surface area contributed by atoms with E-state index in [1.54, 1.807) is 0 Å². The Balaban J connectivity index is 2.38. The van der Waals surface area contributed by atoms with Crippen LogP contribution < -0.4 is 0 Å². The lowest BCUT2D eigenvalue weighted by Crippen LogP contribution is -2.27. The standard InChI is InChI=1S/C14H12Cl3NO2S/c1-18(9-10-5-3-2-4-6-10)21(19,20)14-12(16)7-11(15)8-13(14)17/h2-8H,9H2,1H3. The number of halogens is 3. The molecule has 21 heavy (non-hydrogen) atoms. The maximum absolute atomic E-state index is 12.6. The molecule has 0 saturated heterocycles. The second-order valence-corrected chi connectivity index (χ2v) is 7.68. The number of rotatable bonds is 4. The molecule has 0 aliphatic heterocycles. The summed E-state index contributed by atoms with van der Waals surface area (Å²) in [5.74, 6) is 0. The molecule has 0 atom stereocenters. The van der Waals surface area contributed by atoms with Crippen LogP contribution in [-0.2, 0) is 16.6 Å². The molecule has 0 aliphatic rings. The maximum Gasteiger partial charge on any atom is 0.246 e. The highest BCUT2D eigenvalue weighted by atomic mass is 35.5. The molecule has 2 rings (SSSR count). The molecule has 0 spiro atoms. The molecule has 0 bridgehead atoms. The summed E-state index contributed by atoms with van der Waals surface area (Å²) in [4.78, 5) is -0.131. The van der Waals surface area contributed by atoms with Crippen LogP contribution in [0.3, 0.4) is 0 Å². The molecule has 0 amide bonds. The van der Waals surface area contributed by atoms with Gasteiger partial charge in [-0.25, -0.2) is 8.42 Å². The minimum Gasteiger partial charge on any atom is -0.207 e. The van der Waals surface area contributed by atoms with Crippen molar-refractivity contribution in [2.24, 2.45) is 0 Å². The molecule has 0 aromatic heterocycles. The molecule has 0 heterocycles. The average Bonchev–Trinajstić information content (AvgIpc) is 2.38. The third kappa shape index (κ3) is 3.71. The van der Waals surface area contributed by atoms with E-state index in [0.717, 1.165) is 5.56 Å². The Hall–Kier alpha value is -0.780. The van der Waals surface area contributed by atoms with Gasteiger partial charge < -0.3 is 0 Å². The van der Waals surface area contributed by atoms with Crippen LogP contribution in [-0.4, -0.2) is 19.8 Å². The second-order valence-electron chi connectivity index (χ2n) is 4.45. The van der Waals surface area contributed by atoms with Crippen LogP contribution in [0.5, 0.6) is 0 Å². The molecule has 2 aromatic rings. The van der Waals surface area contributed by atoms with E-state index in [2.05, 4.69) is 0 Å². The van der Waals surface area contributed by atoms with Crippen molar-refractivity contribution in [3.63, 3.8) is 0 Å². The lowest BCUT2D eigenvalue weighted by atomic mass is 10.2.